The minimum Gasteiger partial charge on any atom is -0.316 e. The second-order valence-electron chi connectivity index (χ2n) is 4.18. The maximum Gasteiger partial charge on any atom is 0.162 e. The van der Waals surface area contributed by atoms with Crippen LogP contribution in [-0.2, 0) is 12.3 Å². The van der Waals surface area contributed by atoms with Gasteiger partial charge in [0, 0.05) is 22.8 Å². The van der Waals surface area contributed by atoms with E-state index in [-0.39, 0.29) is 0 Å². The van der Waals surface area contributed by atoms with Gasteiger partial charge in [0.25, 0.3) is 0 Å². The summed E-state index contributed by atoms with van der Waals surface area (Å²) in [5.74, 6) is -1.12. The van der Waals surface area contributed by atoms with Gasteiger partial charge >= 0.3 is 0 Å². The lowest BCUT2D eigenvalue weighted by atomic mass is 10.2. The molecule has 0 fully saturated rings. The first-order valence-corrected chi connectivity index (χ1v) is 6.98. The number of hydrogen-bond acceptors (Lipinski definition) is 2. The molecule has 0 aromatic heterocycles. The topological polar surface area (TPSA) is 12.0 Å². The molecule has 2 rings (SSSR count). The number of nitrogens with one attached hydrogen (secondary N) is 1. The maximum atomic E-state index is 13.5. The van der Waals surface area contributed by atoms with Gasteiger partial charge in [-0.3, -0.25) is 0 Å². The van der Waals surface area contributed by atoms with Crippen molar-refractivity contribution >= 4 is 11.8 Å². The predicted octanol–water partition coefficient (Wildman–Crippen LogP) is 3.98. The van der Waals surface area contributed by atoms with E-state index >= 15 is 0 Å². The largest absolute Gasteiger partial charge is 0.316 e. The molecule has 1 N–H and O–H groups in total. The Labute approximate surface area is 116 Å². The van der Waals surface area contributed by atoms with Gasteiger partial charge in [-0.25, -0.2) is 8.78 Å². The number of hydrogen-bond donors (Lipinski definition) is 1. The van der Waals surface area contributed by atoms with E-state index < -0.39 is 11.6 Å². The number of benzene rings is 2. The molecule has 0 bridgehead atoms. The molecule has 0 amide bonds. The van der Waals surface area contributed by atoms with Gasteiger partial charge < -0.3 is 5.32 Å². The van der Waals surface area contributed by atoms with Crippen LogP contribution in [0.15, 0.2) is 47.4 Å². The fourth-order valence-electron chi connectivity index (χ4n) is 1.77. The third-order valence-electron chi connectivity index (χ3n) is 2.71. The van der Waals surface area contributed by atoms with Crippen molar-refractivity contribution in [1.82, 2.24) is 5.32 Å². The SMILES string of the molecule is CNCc1cccc(SCc2cccc(F)c2F)c1. The Morgan fingerprint density at radius 2 is 1.89 bits per heavy atom. The fourth-order valence-corrected chi connectivity index (χ4v) is 2.72. The van der Waals surface area contributed by atoms with Crippen molar-refractivity contribution in [3.8, 4) is 0 Å². The van der Waals surface area contributed by atoms with Crippen LogP contribution in [-0.4, -0.2) is 7.05 Å². The maximum absolute atomic E-state index is 13.5. The summed E-state index contributed by atoms with van der Waals surface area (Å²) >= 11 is 1.50. The van der Waals surface area contributed by atoms with Crippen molar-refractivity contribution in [3.63, 3.8) is 0 Å². The zero-order valence-electron chi connectivity index (χ0n) is 10.6. The second kappa shape index (κ2) is 6.68. The lowest BCUT2D eigenvalue weighted by molar-refractivity contribution is 0.502. The first-order valence-electron chi connectivity index (χ1n) is 6.00. The molecule has 100 valence electrons. The summed E-state index contributed by atoms with van der Waals surface area (Å²) in [7, 11) is 1.89. The van der Waals surface area contributed by atoms with Crippen LogP contribution in [0.3, 0.4) is 0 Å². The molecule has 2 aromatic rings. The average molecular weight is 279 g/mol. The predicted molar refractivity (Wildman–Crippen MR) is 75.1 cm³/mol. The van der Waals surface area contributed by atoms with Gasteiger partial charge in [-0.1, -0.05) is 24.3 Å². The summed E-state index contributed by atoms with van der Waals surface area (Å²) < 4.78 is 26.6. The Hall–Kier alpha value is -1.39. The van der Waals surface area contributed by atoms with Crippen molar-refractivity contribution < 1.29 is 8.78 Å². The summed E-state index contributed by atoms with van der Waals surface area (Å²) in [6.07, 6.45) is 0. The first kappa shape index (κ1) is 14.0. The number of rotatable bonds is 5. The Morgan fingerprint density at radius 1 is 1.11 bits per heavy atom. The van der Waals surface area contributed by atoms with Gasteiger partial charge in [0.1, 0.15) is 0 Å². The molecule has 0 unspecified atom stereocenters. The molecule has 1 nitrogen and oxygen atoms in total. The average Bonchev–Trinajstić information content (AvgIpc) is 2.41. The highest BCUT2D eigenvalue weighted by molar-refractivity contribution is 7.98. The van der Waals surface area contributed by atoms with Gasteiger partial charge in [0.05, 0.1) is 0 Å². The van der Waals surface area contributed by atoms with Crippen LogP contribution in [0.25, 0.3) is 0 Å². The van der Waals surface area contributed by atoms with Gasteiger partial charge in [0.15, 0.2) is 11.6 Å². The number of thioether (sulfide) groups is 1. The Kier molecular flexibility index (Phi) is 4.93. The molecule has 0 heterocycles. The molecule has 0 aliphatic heterocycles. The van der Waals surface area contributed by atoms with Crippen LogP contribution >= 0.6 is 11.8 Å². The van der Waals surface area contributed by atoms with E-state index in [4.69, 9.17) is 0 Å². The van der Waals surface area contributed by atoms with Crippen molar-refractivity contribution in [3.05, 3.63) is 65.2 Å². The van der Waals surface area contributed by atoms with Gasteiger partial charge in [0.2, 0.25) is 0 Å². The van der Waals surface area contributed by atoms with Crippen molar-refractivity contribution in [2.45, 2.75) is 17.2 Å². The second-order valence-corrected chi connectivity index (χ2v) is 5.23. The Morgan fingerprint density at radius 3 is 2.68 bits per heavy atom. The minimum absolute atomic E-state index is 0.393. The summed E-state index contributed by atoms with van der Waals surface area (Å²) in [6, 6.07) is 12.3. The third kappa shape index (κ3) is 3.78. The zero-order valence-corrected chi connectivity index (χ0v) is 11.4. The van der Waals surface area contributed by atoms with Crippen LogP contribution in [0.1, 0.15) is 11.1 Å². The van der Waals surface area contributed by atoms with E-state index in [1.54, 1.807) is 6.07 Å². The highest BCUT2D eigenvalue weighted by atomic mass is 32.2. The molecule has 0 saturated carbocycles. The standard InChI is InChI=1S/C15H15F2NS/c1-18-9-11-4-2-6-13(8-11)19-10-12-5-3-7-14(16)15(12)17/h2-8,18H,9-10H2,1H3. The summed E-state index contributed by atoms with van der Waals surface area (Å²) in [5.41, 5.74) is 1.57. The summed E-state index contributed by atoms with van der Waals surface area (Å²) in [6.45, 7) is 0.794. The van der Waals surface area contributed by atoms with E-state index in [1.165, 1.54) is 23.4 Å². The van der Waals surface area contributed by atoms with Crippen LogP contribution in [0.2, 0.25) is 0 Å². The van der Waals surface area contributed by atoms with Gasteiger partial charge in [-0.15, -0.1) is 11.8 Å². The normalized spacial score (nSPS) is 10.7. The molecule has 0 saturated heterocycles. The monoisotopic (exact) mass is 279 g/mol. The molecule has 4 heteroatoms. The highest BCUT2D eigenvalue weighted by Crippen LogP contribution is 2.25. The molecule has 0 aliphatic rings. The van der Waals surface area contributed by atoms with E-state index in [0.29, 0.717) is 11.3 Å². The fraction of sp³-hybridized carbons (Fsp3) is 0.200. The number of halogens is 2. The molecule has 0 aliphatic carbocycles. The van der Waals surface area contributed by atoms with Crippen LogP contribution in [0.5, 0.6) is 0 Å². The molecule has 0 radical (unpaired) electrons. The molecule has 0 spiro atoms. The minimum atomic E-state index is -0.790. The highest BCUT2D eigenvalue weighted by Gasteiger charge is 2.07. The molecule has 2 aromatic carbocycles. The van der Waals surface area contributed by atoms with Gasteiger partial charge in [-0.05, 0) is 30.8 Å². The van der Waals surface area contributed by atoms with Crippen LogP contribution in [0, 0.1) is 11.6 Å². The first-order chi connectivity index (χ1) is 9.20. The molecular weight excluding hydrogens is 264 g/mol. The van der Waals surface area contributed by atoms with Crippen molar-refractivity contribution in [2.24, 2.45) is 0 Å². The Balaban J connectivity index is 2.06. The van der Waals surface area contributed by atoms with Crippen molar-refractivity contribution in [2.75, 3.05) is 7.05 Å². The van der Waals surface area contributed by atoms with Crippen LogP contribution in [0.4, 0.5) is 8.78 Å². The zero-order chi connectivity index (χ0) is 13.7. The lowest BCUT2D eigenvalue weighted by Crippen LogP contribution is -2.04. The van der Waals surface area contributed by atoms with Crippen molar-refractivity contribution in [1.29, 1.82) is 0 Å². The summed E-state index contributed by atoms with van der Waals surface area (Å²) in [4.78, 5) is 1.05. The molecular formula is C15H15F2NS. The quantitative estimate of drug-likeness (QED) is 0.831. The van der Waals surface area contributed by atoms with E-state index in [1.807, 2.05) is 25.2 Å². The van der Waals surface area contributed by atoms with E-state index in [9.17, 15) is 8.78 Å². The van der Waals surface area contributed by atoms with Gasteiger partial charge in [-0.2, -0.15) is 0 Å². The smallest absolute Gasteiger partial charge is 0.162 e. The summed E-state index contributed by atoms with van der Waals surface area (Å²) in [5, 5.41) is 3.08. The molecule has 0 atom stereocenters. The molecule has 19 heavy (non-hydrogen) atoms. The Bertz CT molecular complexity index is 558. The lowest BCUT2D eigenvalue weighted by Gasteiger charge is -2.06. The van der Waals surface area contributed by atoms with Crippen LogP contribution < -0.4 is 5.32 Å². The van der Waals surface area contributed by atoms with E-state index in [0.717, 1.165) is 17.5 Å². The van der Waals surface area contributed by atoms with E-state index in [2.05, 4.69) is 11.4 Å². The third-order valence-corrected chi connectivity index (χ3v) is 3.75.